The van der Waals surface area contributed by atoms with Crippen molar-refractivity contribution in [2.45, 2.75) is 347 Å². The first-order valence-corrected chi connectivity index (χ1v) is 44.8. The van der Waals surface area contributed by atoms with Crippen molar-refractivity contribution < 1.29 is 75.8 Å². The predicted octanol–water partition coefficient (Wildman–Crippen LogP) is 25.0. The molecule has 0 aromatic heterocycles. The van der Waals surface area contributed by atoms with Crippen molar-refractivity contribution in [3.05, 3.63) is 158 Å². The number of phosphoric acid groups is 2. The molecule has 5 atom stereocenters. The molecule has 0 aromatic rings. The van der Waals surface area contributed by atoms with E-state index < -0.39 is 91.5 Å². The topological polar surface area (TPSA) is 231 Å². The molecule has 0 bridgehead atoms. The fourth-order valence-electron chi connectivity index (χ4n) is 10.9. The SMILES string of the molecule is CC/C=C\C/C=C\C/C=C\C/C=C\C/C=C\C/C=C\CCCCCCCCCCCCC(=O)OCC(O)COP(=O)(O)OCC(O)COP(=O)(O)OCC(COC(=O)CCCCCCCCCCC/C=C\C/C=C\C/C=C\C/C=C\CCCCC)OC(=O)CCCCCCCCC/C=C\C/C=C\C/C=C\CC. The highest BCUT2D eigenvalue weighted by Crippen LogP contribution is 2.45. The number of aliphatic hydroxyl groups excluding tert-OH is 2. The van der Waals surface area contributed by atoms with Gasteiger partial charge in [-0.15, -0.1) is 0 Å². The minimum Gasteiger partial charge on any atom is -0.463 e. The molecule has 0 spiro atoms. The van der Waals surface area contributed by atoms with Crippen molar-refractivity contribution in [3.63, 3.8) is 0 Å². The van der Waals surface area contributed by atoms with Gasteiger partial charge in [-0.1, -0.05) is 320 Å². The normalized spacial score (nSPS) is 14.7. The minimum atomic E-state index is -4.94. The number of rotatable bonds is 78. The van der Waals surface area contributed by atoms with Crippen molar-refractivity contribution in [3.8, 4) is 0 Å². The summed E-state index contributed by atoms with van der Waals surface area (Å²) in [4.78, 5) is 58.8. The molecule has 0 amide bonds. The number of aliphatic hydroxyl groups is 2. The third-order valence-corrected chi connectivity index (χ3v) is 19.1. The number of carbonyl (C=O) groups excluding carboxylic acids is 3. The highest BCUT2D eigenvalue weighted by atomic mass is 31.2. The lowest BCUT2D eigenvalue weighted by Gasteiger charge is -2.21. The molecule has 0 aliphatic heterocycles. The lowest BCUT2D eigenvalue weighted by Crippen LogP contribution is -2.30. The first kappa shape index (κ1) is 102. The van der Waals surface area contributed by atoms with Gasteiger partial charge in [0, 0.05) is 19.3 Å². The van der Waals surface area contributed by atoms with Gasteiger partial charge < -0.3 is 34.2 Å². The van der Waals surface area contributed by atoms with Crippen molar-refractivity contribution >= 4 is 33.6 Å². The van der Waals surface area contributed by atoms with Gasteiger partial charge in [-0.2, -0.15) is 0 Å². The van der Waals surface area contributed by atoms with Gasteiger partial charge >= 0.3 is 33.6 Å². The summed E-state index contributed by atoms with van der Waals surface area (Å²) < 4.78 is 61.3. The van der Waals surface area contributed by atoms with Gasteiger partial charge in [0.1, 0.15) is 25.4 Å². The van der Waals surface area contributed by atoms with Crippen LogP contribution < -0.4 is 0 Å². The maximum absolute atomic E-state index is 13.0. The Kier molecular flexibility index (Phi) is 77.0. The Bertz CT molecular complexity index is 2580. The molecule has 612 valence electrons. The summed E-state index contributed by atoms with van der Waals surface area (Å²) in [6.45, 7) is 2.42. The first-order chi connectivity index (χ1) is 52.2. The van der Waals surface area contributed by atoms with E-state index in [1.54, 1.807) is 0 Å². The van der Waals surface area contributed by atoms with Crippen LogP contribution in [0.15, 0.2) is 158 Å². The molecule has 0 aliphatic carbocycles. The van der Waals surface area contributed by atoms with E-state index in [1.165, 1.54) is 83.5 Å². The molecule has 0 saturated carbocycles. The van der Waals surface area contributed by atoms with Crippen LogP contribution >= 0.6 is 15.6 Å². The number of esters is 3. The van der Waals surface area contributed by atoms with E-state index in [4.69, 9.17) is 32.3 Å². The second-order valence-electron chi connectivity index (χ2n) is 27.5. The standard InChI is InChI=1S/C89H150O16P2/c1-4-7-10-13-16-19-22-25-28-31-33-35-37-39-40-41-42-44-46-47-49-52-54-57-60-63-66-69-72-75-87(92)99-78-84(90)79-101-106(95,96)102-80-85(91)81-103-107(97,98)104-83-86(105-89(94)77-74-71-68-65-62-59-56-51-30-27-24-21-18-15-12-9-6-3)82-100-88(93)76-73-70-67-64-61-58-55-53-50-48-45-43-38-36-34-32-29-26-23-20-17-14-11-8-5-2/h7,9-10,12,16-21,25-30,33-36,39-40,42-45,84-86,90-91H,4-6,8,11,13-15,22-24,31-32,37-38,41,46-83H2,1-3H3,(H,95,96)(H,97,98)/b10-7-,12-9-,19-16-,20-17-,21-18-,28-25-,29-26-,30-27-,35-33-,36-34-,40-39-,44-42-,45-43-. The summed E-state index contributed by atoms with van der Waals surface area (Å²) in [6.07, 6.45) is 101. The summed E-state index contributed by atoms with van der Waals surface area (Å²) in [5.74, 6) is -1.60. The lowest BCUT2D eigenvalue weighted by atomic mass is 10.1. The number of carbonyl (C=O) groups is 3. The maximum Gasteiger partial charge on any atom is 0.472 e. The molecule has 16 nitrogen and oxygen atoms in total. The average molecular weight is 1540 g/mol. The summed E-state index contributed by atoms with van der Waals surface area (Å²) in [5.41, 5.74) is 0. The van der Waals surface area contributed by atoms with Gasteiger partial charge in [-0.25, -0.2) is 9.13 Å². The first-order valence-electron chi connectivity index (χ1n) is 41.8. The van der Waals surface area contributed by atoms with Crippen molar-refractivity contribution in [2.75, 3.05) is 39.6 Å². The molecule has 0 heterocycles. The molecular weight excluding hydrogens is 1390 g/mol. The Balaban J connectivity index is 4.59. The maximum atomic E-state index is 13.0. The van der Waals surface area contributed by atoms with Gasteiger partial charge in [-0.05, 0) is 148 Å². The Morgan fingerprint density at radius 2 is 0.495 bits per heavy atom. The largest absolute Gasteiger partial charge is 0.472 e. The Morgan fingerprint density at radius 3 is 0.785 bits per heavy atom. The van der Waals surface area contributed by atoms with Crippen LogP contribution in [0.25, 0.3) is 0 Å². The van der Waals surface area contributed by atoms with E-state index in [0.717, 1.165) is 186 Å². The summed E-state index contributed by atoms with van der Waals surface area (Å²) in [7, 11) is -9.81. The van der Waals surface area contributed by atoms with Gasteiger partial charge in [-0.3, -0.25) is 32.5 Å². The third kappa shape index (κ3) is 82.0. The van der Waals surface area contributed by atoms with Crippen LogP contribution in [0.2, 0.25) is 0 Å². The number of unbranched alkanes of at least 4 members (excludes halogenated alkanes) is 29. The summed E-state index contributed by atoms with van der Waals surface area (Å²) >= 11 is 0. The molecule has 0 aromatic carbocycles. The van der Waals surface area contributed by atoms with E-state index in [-0.39, 0.29) is 19.3 Å². The number of hydrogen-bond donors (Lipinski definition) is 4. The Hall–Kier alpha value is -4.83. The molecule has 0 rings (SSSR count). The zero-order valence-electron chi connectivity index (χ0n) is 67.0. The molecule has 18 heteroatoms. The number of allylic oxidation sites excluding steroid dienone is 26. The van der Waals surface area contributed by atoms with Crippen LogP contribution in [-0.4, -0.2) is 95.9 Å². The molecule has 4 N–H and O–H groups in total. The average Bonchev–Trinajstić information content (AvgIpc) is 0.908. The quantitative estimate of drug-likeness (QED) is 0.0146. The number of hydrogen-bond acceptors (Lipinski definition) is 14. The van der Waals surface area contributed by atoms with Gasteiger partial charge in [0.2, 0.25) is 0 Å². The van der Waals surface area contributed by atoms with Crippen molar-refractivity contribution in [1.82, 2.24) is 0 Å². The van der Waals surface area contributed by atoms with E-state index in [1.807, 2.05) is 0 Å². The van der Waals surface area contributed by atoms with Crippen molar-refractivity contribution in [1.29, 1.82) is 0 Å². The molecule has 0 saturated heterocycles. The van der Waals surface area contributed by atoms with E-state index in [2.05, 4.69) is 179 Å². The van der Waals surface area contributed by atoms with Crippen LogP contribution in [0.5, 0.6) is 0 Å². The summed E-state index contributed by atoms with van der Waals surface area (Å²) in [5, 5.41) is 20.7. The predicted molar refractivity (Wildman–Crippen MR) is 445 cm³/mol. The molecule has 0 fully saturated rings. The second kappa shape index (κ2) is 80.7. The molecule has 0 aliphatic rings. The fraction of sp³-hybridized carbons (Fsp3) is 0.674. The highest BCUT2D eigenvalue weighted by molar-refractivity contribution is 7.47. The van der Waals surface area contributed by atoms with Crippen LogP contribution in [0.3, 0.4) is 0 Å². The highest BCUT2D eigenvalue weighted by Gasteiger charge is 2.29. The fourth-order valence-corrected chi connectivity index (χ4v) is 12.5. The van der Waals surface area contributed by atoms with E-state index >= 15 is 0 Å². The van der Waals surface area contributed by atoms with E-state index in [0.29, 0.717) is 19.3 Å². The Morgan fingerprint density at radius 1 is 0.271 bits per heavy atom. The van der Waals surface area contributed by atoms with Crippen LogP contribution in [0.4, 0.5) is 0 Å². The zero-order chi connectivity index (χ0) is 78.0. The Labute approximate surface area is 650 Å². The minimum absolute atomic E-state index is 0.0881. The summed E-state index contributed by atoms with van der Waals surface area (Å²) in [6, 6.07) is 0. The number of ether oxygens (including phenoxy) is 3. The van der Waals surface area contributed by atoms with Crippen molar-refractivity contribution in [2.24, 2.45) is 0 Å². The number of phosphoric ester groups is 2. The van der Waals surface area contributed by atoms with E-state index in [9.17, 15) is 43.5 Å². The molecule has 5 unspecified atom stereocenters. The van der Waals surface area contributed by atoms with Crippen LogP contribution in [0, 0.1) is 0 Å². The zero-order valence-corrected chi connectivity index (χ0v) is 68.8. The third-order valence-electron chi connectivity index (χ3n) is 17.2. The van der Waals surface area contributed by atoms with Crippen LogP contribution in [0.1, 0.15) is 329 Å². The second-order valence-corrected chi connectivity index (χ2v) is 30.4. The monoisotopic (exact) mass is 1540 g/mol. The van der Waals surface area contributed by atoms with Gasteiger partial charge in [0.15, 0.2) is 6.10 Å². The van der Waals surface area contributed by atoms with Gasteiger partial charge in [0.25, 0.3) is 0 Å². The van der Waals surface area contributed by atoms with Gasteiger partial charge in [0.05, 0.1) is 26.4 Å². The molecular formula is C89H150O16P2. The smallest absolute Gasteiger partial charge is 0.463 e. The molecule has 0 radical (unpaired) electrons. The van der Waals surface area contributed by atoms with Crippen LogP contribution in [-0.2, 0) is 55.8 Å². The lowest BCUT2D eigenvalue weighted by molar-refractivity contribution is -0.161. The molecule has 107 heavy (non-hydrogen) atoms.